The summed E-state index contributed by atoms with van der Waals surface area (Å²) in [5.41, 5.74) is 0.821. The molecule has 0 spiro atoms. The summed E-state index contributed by atoms with van der Waals surface area (Å²) in [6, 6.07) is 10.3. The minimum Gasteiger partial charge on any atom is -0.486 e. The molecule has 3 rings (SSSR count). The molecule has 1 heterocycles. The second-order valence-corrected chi connectivity index (χ2v) is 7.96. The summed E-state index contributed by atoms with van der Waals surface area (Å²) in [6.07, 6.45) is 0. The highest BCUT2D eigenvalue weighted by Crippen LogP contribution is 2.32. The van der Waals surface area contributed by atoms with Gasteiger partial charge < -0.3 is 14.4 Å². The largest absolute Gasteiger partial charge is 0.486 e. The number of hydrogen-bond donors (Lipinski definition) is 1. The molecule has 8 heteroatoms. The van der Waals surface area contributed by atoms with E-state index in [9.17, 15) is 12.8 Å². The number of nitrogens with one attached hydrogen (secondary N) is 1. The van der Waals surface area contributed by atoms with Crippen LogP contribution < -0.4 is 14.2 Å². The van der Waals surface area contributed by atoms with Gasteiger partial charge in [-0.2, -0.15) is 0 Å². The number of sulfonamides is 1. The molecule has 0 radical (unpaired) electrons. The van der Waals surface area contributed by atoms with Crippen molar-refractivity contribution < 1.29 is 22.3 Å². The van der Waals surface area contributed by atoms with Gasteiger partial charge in [0.05, 0.1) is 4.90 Å². The molecule has 0 aromatic heterocycles. The van der Waals surface area contributed by atoms with E-state index < -0.39 is 10.0 Å². The van der Waals surface area contributed by atoms with Crippen LogP contribution in [0.25, 0.3) is 0 Å². The van der Waals surface area contributed by atoms with Crippen LogP contribution in [-0.2, 0) is 10.0 Å². The molecule has 2 aromatic carbocycles. The van der Waals surface area contributed by atoms with Crippen molar-refractivity contribution in [2.45, 2.75) is 10.9 Å². The second kappa shape index (κ2) is 7.61. The van der Waals surface area contributed by atoms with Crippen LogP contribution in [0.1, 0.15) is 11.6 Å². The van der Waals surface area contributed by atoms with Gasteiger partial charge in [-0.1, -0.05) is 12.1 Å². The Kier molecular flexibility index (Phi) is 5.45. The van der Waals surface area contributed by atoms with Gasteiger partial charge in [-0.3, -0.25) is 0 Å². The topological polar surface area (TPSA) is 67.9 Å². The van der Waals surface area contributed by atoms with Gasteiger partial charge in [-0.15, -0.1) is 0 Å². The summed E-state index contributed by atoms with van der Waals surface area (Å²) in [6.45, 7) is 0.978. The molecule has 26 heavy (non-hydrogen) atoms. The standard InChI is InChI=1S/C18H21FN2O4S/c1-21(2)16(13-3-5-14(19)6-4-13)12-20-26(22,23)15-7-8-17-18(11-15)25-10-9-24-17/h3-8,11,16,20H,9-10,12H2,1-2H3/t16-/m1/s1. The number of benzene rings is 2. The molecule has 0 saturated carbocycles. The molecule has 1 aliphatic heterocycles. The molecule has 0 bridgehead atoms. The van der Waals surface area contributed by atoms with Crippen molar-refractivity contribution >= 4 is 10.0 Å². The Bertz CT molecular complexity index is 869. The van der Waals surface area contributed by atoms with Crippen molar-refractivity contribution in [1.82, 2.24) is 9.62 Å². The normalized spacial score (nSPS) is 15.1. The molecule has 1 atom stereocenters. The van der Waals surface area contributed by atoms with Crippen LogP contribution in [0.3, 0.4) is 0 Å². The number of halogens is 1. The lowest BCUT2D eigenvalue weighted by Crippen LogP contribution is -2.34. The van der Waals surface area contributed by atoms with Crippen LogP contribution in [-0.4, -0.2) is 47.2 Å². The summed E-state index contributed by atoms with van der Waals surface area (Å²) in [4.78, 5) is 1.98. The second-order valence-electron chi connectivity index (χ2n) is 6.19. The molecule has 140 valence electrons. The molecule has 1 N–H and O–H groups in total. The van der Waals surface area contributed by atoms with E-state index in [1.807, 2.05) is 19.0 Å². The minimum atomic E-state index is -3.72. The van der Waals surface area contributed by atoms with Gasteiger partial charge in [0.2, 0.25) is 10.0 Å². The van der Waals surface area contributed by atoms with Gasteiger partial charge in [0, 0.05) is 18.7 Å². The average molecular weight is 380 g/mol. The maximum atomic E-state index is 13.1. The first-order chi connectivity index (χ1) is 12.4. The summed E-state index contributed by atoms with van der Waals surface area (Å²) >= 11 is 0. The Morgan fingerprint density at radius 1 is 1.08 bits per heavy atom. The third-order valence-corrected chi connectivity index (χ3v) is 5.59. The molecule has 0 fully saturated rings. The lowest BCUT2D eigenvalue weighted by molar-refractivity contribution is 0.171. The minimum absolute atomic E-state index is 0.110. The molecule has 2 aromatic rings. The number of fused-ring (bicyclic) bond motifs is 1. The van der Waals surface area contributed by atoms with E-state index in [4.69, 9.17) is 9.47 Å². The number of hydrogen-bond acceptors (Lipinski definition) is 5. The Morgan fingerprint density at radius 3 is 2.38 bits per heavy atom. The Balaban J connectivity index is 1.77. The van der Waals surface area contributed by atoms with Crippen LogP contribution in [0.4, 0.5) is 4.39 Å². The van der Waals surface area contributed by atoms with Crippen LogP contribution in [0.5, 0.6) is 11.5 Å². The number of rotatable bonds is 6. The van der Waals surface area contributed by atoms with E-state index in [2.05, 4.69) is 4.72 Å². The first kappa shape index (κ1) is 18.6. The molecular weight excluding hydrogens is 359 g/mol. The van der Waals surface area contributed by atoms with E-state index in [-0.39, 0.29) is 23.3 Å². The first-order valence-corrected chi connectivity index (χ1v) is 9.66. The molecule has 1 aliphatic rings. The fourth-order valence-corrected chi connectivity index (χ4v) is 3.80. The van der Waals surface area contributed by atoms with E-state index in [1.165, 1.54) is 24.3 Å². The predicted molar refractivity (Wildman–Crippen MR) is 95.4 cm³/mol. The fourth-order valence-electron chi connectivity index (χ4n) is 2.75. The highest BCUT2D eigenvalue weighted by molar-refractivity contribution is 7.89. The lowest BCUT2D eigenvalue weighted by Gasteiger charge is -2.25. The van der Waals surface area contributed by atoms with Crippen molar-refractivity contribution in [1.29, 1.82) is 0 Å². The average Bonchev–Trinajstić information content (AvgIpc) is 2.62. The van der Waals surface area contributed by atoms with E-state index >= 15 is 0 Å². The van der Waals surface area contributed by atoms with Crippen molar-refractivity contribution in [2.24, 2.45) is 0 Å². The quantitative estimate of drug-likeness (QED) is 0.832. The monoisotopic (exact) mass is 380 g/mol. The van der Waals surface area contributed by atoms with E-state index in [0.29, 0.717) is 24.7 Å². The highest BCUT2D eigenvalue weighted by atomic mass is 32.2. The molecule has 0 aliphatic carbocycles. The van der Waals surface area contributed by atoms with Crippen LogP contribution in [0.2, 0.25) is 0 Å². The van der Waals surface area contributed by atoms with E-state index in [0.717, 1.165) is 5.56 Å². The maximum absolute atomic E-state index is 13.1. The molecule has 0 amide bonds. The smallest absolute Gasteiger partial charge is 0.240 e. The van der Waals surface area contributed by atoms with Gasteiger partial charge in [0.15, 0.2) is 11.5 Å². The van der Waals surface area contributed by atoms with Crippen molar-refractivity contribution in [3.8, 4) is 11.5 Å². The zero-order valence-corrected chi connectivity index (χ0v) is 15.4. The molecular formula is C18H21FN2O4S. The van der Waals surface area contributed by atoms with Crippen LogP contribution in [0.15, 0.2) is 47.4 Å². The SMILES string of the molecule is CN(C)[C@H](CNS(=O)(=O)c1ccc2c(c1)OCCO2)c1ccc(F)cc1. The predicted octanol–water partition coefficient (Wildman–Crippen LogP) is 2.18. The van der Waals surface area contributed by atoms with Crippen molar-refractivity contribution in [3.63, 3.8) is 0 Å². The van der Waals surface area contributed by atoms with Gasteiger partial charge in [0.25, 0.3) is 0 Å². The molecule has 0 unspecified atom stereocenters. The fraction of sp³-hybridized carbons (Fsp3) is 0.333. The summed E-state index contributed by atoms with van der Waals surface area (Å²) in [7, 11) is -0.0454. The first-order valence-electron chi connectivity index (χ1n) is 8.18. The summed E-state index contributed by atoms with van der Waals surface area (Å²) in [5, 5.41) is 0. The highest BCUT2D eigenvalue weighted by Gasteiger charge is 2.22. The Morgan fingerprint density at radius 2 is 1.73 bits per heavy atom. The summed E-state index contributed by atoms with van der Waals surface area (Å²) in [5.74, 6) is 0.623. The third-order valence-electron chi connectivity index (χ3n) is 4.17. The molecule has 6 nitrogen and oxygen atoms in total. The number of likely N-dealkylation sites (N-methyl/N-ethyl adjacent to an activating group) is 1. The zero-order valence-electron chi connectivity index (χ0n) is 14.6. The summed E-state index contributed by atoms with van der Waals surface area (Å²) < 4.78 is 51.9. The van der Waals surface area contributed by atoms with E-state index in [1.54, 1.807) is 18.2 Å². The van der Waals surface area contributed by atoms with Crippen molar-refractivity contribution in [3.05, 3.63) is 53.8 Å². The van der Waals surface area contributed by atoms with Gasteiger partial charge in [-0.05, 0) is 43.9 Å². The van der Waals surface area contributed by atoms with Gasteiger partial charge >= 0.3 is 0 Å². The number of ether oxygens (including phenoxy) is 2. The third kappa shape index (κ3) is 4.14. The maximum Gasteiger partial charge on any atom is 0.240 e. The number of nitrogens with zero attached hydrogens (tertiary/aromatic N) is 1. The Labute approximate surface area is 152 Å². The van der Waals surface area contributed by atoms with Crippen LogP contribution >= 0.6 is 0 Å². The van der Waals surface area contributed by atoms with Crippen molar-refractivity contribution in [2.75, 3.05) is 33.9 Å². The molecule has 0 saturated heterocycles. The van der Waals surface area contributed by atoms with Crippen LogP contribution in [0, 0.1) is 5.82 Å². The lowest BCUT2D eigenvalue weighted by atomic mass is 10.1. The van der Waals surface area contributed by atoms with Gasteiger partial charge in [-0.25, -0.2) is 17.5 Å². The Hall–Kier alpha value is -2.16. The zero-order chi connectivity index (χ0) is 18.7. The van der Waals surface area contributed by atoms with Gasteiger partial charge in [0.1, 0.15) is 19.0 Å².